The third-order valence-electron chi connectivity index (χ3n) is 3.85. The Labute approximate surface area is 130 Å². The Bertz CT molecular complexity index is 492. The van der Waals surface area contributed by atoms with Gasteiger partial charge < -0.3 is 5.11 Å². The molecule has 0 bridgehead atoms. The molecule has 3 heteroatoms. The van der Waals surface area contributed by atoms with E-state index >= 15 is 0 Å². The Morgan fingerprint density at radius 3 is 2.62 bits per heavy atom. The molecule has 21 heavy (non-hydrogen) atoms. The molecule has 0 radical (unpaired) electrons. The van der Waals surface area contributed by atoms with Crippen LogP contribution in [0, 0.1) is 0 Å². The zero-order chi connectivity index (χ0) is 17.2. The van der Waals surface area contributed by atoms with Crippen molar-refractivity contribution in [1.29, 1.82) is 0 Å². The van der Waals surface area contributed by atoms with Crippen LogP contribution >= 0.6 is 0 Å². The predicted octanol–water partition coefficient (Wildman–Crippen LogP) is 4.82. The van der Waals surface area contributed by atoms with E-state index in [4.69, 9.17) is 7.85 Å². The van der Waals surface area contributed by atoms with E-state index in [0.717, 1.165) is 50.5 Å². The first-order chi connectivity index (χ1) is 11.0. The van der Waals surface area contributed by atoms with Crippen molar-refractivity contribution < 1.29 is 17.4 Å². The summed E-state index contributed by atoms with van der Waals surface area (Å²) in [5.74, 6) is -0.584. The lowest BCUT2D eigenvalue weighted by molar-refractivity contribution is -0.137. The van der Waals surface area contributed by atoms with Crippen LogP contribution in [-0.2, 0) is 9.59 Å². The molecule has 0 unspecified atom stereocenters. The summed E-state index contributed by atoms with van der Waals surface area (Å²) in [5.41, 5.74) is 1.95. The topological polar surface area (TPSA) is 54.4 Å². The van der Waals surface area contributed by atoms with Gasteiger partial charge in [0.2, 0.25) is 0 Å². The minimum absolute atomic E-state index is 0.148. The van der Waals surface area contributed by atoms with Crippen molar-refractivity contribution in [3.05, 3.63) is 23.3 Å². The normalized spacial score (nSPS) is 17.7. The van der Waals surface area contributed by atoms with Crippen molar-refractivity contribution in [3.63, 3.8) is 0 Å². The first kappa shape index (κ1) is 14.6. The molecule has 0 aromatic carbocycles. The van der Waals surface area contributed by atoms with Crippen LogP contribution in [0.2, 0.25) is 0 Å². The van der Waals surface area contributed by atoms with Crippen LogP contribution in [-0.4, -0.2) is 16.9 Å². The average molecular weight is 294 g/mol. The molecule has 3 nitrogen and oxygen atoms in total. The molecule has 0 saturated heterocycles. The number of ketones is 1. The van der Waals surface area contributed by atoms with Gasteiger partial charge in [-0.25, -0.2) is 0 Å². The highest BCUT2D eigenvalue weighted by atomic mass is 16.4. The first-order valence-corrected chi connectivity index (χ1v) is 8.06. The summed E-state index contributed by atoms with van der Waals surface area (Å²) in [4.78, 5) is 22.4. The van der Waals surface area contributed by atoms with E-state index in [0.29, 0.717) is 25.3 Å². The molecule has 1 aliphatic rings. The molecule has 0 aromatic rings. The Morgan fingerprint density at radius 1 is 1.19 bits per heavy atom. The lowest BCUT2D eigenvalue weighted by Crippen LogP contribution is -1.95. The van der Waals surface area contributed by atoms with Gasteiger partial charge in [0.1, 0.15) is 0 Å². The van der Waals surface area contributed by atoms with Gasteiger partial charge in [0.15, 0.2) is 5.78 Å². The van der Waals surface area contributed by atoms with E-state index in [2.05, 4.69) is 0 Å². The van der Waals surface area contributed by atoms with Crippen LogP contribution in [0.1, 0.15) is 80.3 Å². The molecule has 0 spiro atoms. The zero-order valence-electron chi connectivity index (χ0n) is 15.0. The van der Waals surface area contributed by atoms with Gasteiger partial charge in [0, 0.05) is 12.8 Å². The maximum Gasteiger partial charge on any atom is 0.303 e. The molecule has 0 aliphatic heterocycles. The van der Waals surface area contributed by atoms with Gasteiger partial charge in [0.05, 0.1) is 2.74 Å². The Hall–Kier alpha value is -1.38. The minimum atomic E-state index is -0.732. The third-order valence-corrected chi connectivity index (χ3v) is 3.85. The minimum Gasteiger partial charge on any atom is -0.481 e. The number of unbranched alkanes of at least 4 members (excludes halogenated alkanes) is 4. The molecule has 0 atom stereocenters. The van der Waals surface area contributed by atoms with E-state index < -0.39 is 5.97 Å². The highest BCUT2D eigenvalue weighted by Crippen LogP contribution is 2.29. The van der Waals surface area contributed by atoms with Crippen LogP contribution in [0.5, 0.6) is 0 Å². The van der Waals surface area contributed by atoms with Crippen molar-refractivity contribution in [2.24, 2.45) is 0 Å². The summed E-state index contributed by atoms with van der Waals surface area (Å²) in [6, 6.07) is 0.582. The second-order valence-corrected chi connectivity index (χ2v) is 5.55. The maximum absolute atomic E-state index is 12.0. The van der Waals surface area contributed by atoms with Crippen LogP contribution < -0.4 is 0 Å². The number of rotatable bonds is 11. The average Bonchev–Trinajstić information content (AvgIpc) is 2.85. The van der Waals surface area contributed by atoms with Gasteiger partial charge >= 0.3 is 5.97 Å². The van der Waals surface area contributed by atoms with E-state index in [9.17, 15) is 9.59 Å². The first-order valence-electron chi connectivity index (χ1n) is 9.06. The van der Waals surface area contributed by atoms with Crippen molar-refractivity contribution in [2.75, 3.05) is 0 Å². The molecular formula is C18H28O3. The second-order valence-electron chi connectivity index (χ2n) is 5.55. The van der Waals surface area contributed by atoms with Crippen LogP contribution in [0.3, 0.4) is 0 Å². The van der Waals surface area contributed by atoms with E-state index in [1.807, 2.05) is 6.92 Å². The lowest BCUT2D eigenvalue weighted by atomic mass is 10.0. The summed E-state index contributed by atoms with van der Waals surface area (Å²) in [6.07, 6.45) is 8.11. The molecule has 0 heterocycles. The van der Waals surface area contributed by atoms with E-state index in [1.165, 1.54) is 5.57 Å². The number of carboxylic acids is 1. The van der Waals surface area contributed by atoms with Gasteiger partial charge in [0.25, 0.3) is 0 Å². The van der Waals surface area contributed by atoms with Gasteiger partial charge in [-0.05, 0) is 44.1 Å². The monoisotopic (exact) mass is 294 g/mol. The van der Waals surface area contributed by atoms with Gasteiger partial charge in [-0.2, -0.15) is 0 Å². The molecule has 0 amide bonds. The fourth-order valence-corrected chi connectivity index (χ4v) is 2.68. The van der Waals surface area contributed by atoms with Crippen LogP contribution in [0.15, 0.2) is 23.3 Å². The highest BCUT2D eigenvalue weighted by molar-refractivity contribution is 5.98. The molecule has 118 valence electrons. The Balaban J connectivity index is 2.40. The van der Waals surface area contributed by atoms with Crippen molar-refractivity contribution in [1.82, 2.24) is 0 Å². The summed E-state index contributed by atoms with van der Waals surface area (Å²) in [5, 5.41) is 8.57. The molecule has 0 saturated carbocycles. The summed E-state index contributed by atoms with van der Waals surface area (Å²) < 4.78 is 15.6. The summed E-state index contributed by atoms with van der Waals surface area (Å²) >= 11 is 0. The number of carbonyl (C=O) groups is 2. The highest BCUT2D eigenvalue weighted by Gasteiger charge is 2.20. The number of Topliss-reactive ketones (excluding diaryl/α,β-unsaturated/α-hetero) is 1. The van der Waals surface area contributed by atoms with Gasteiger partial charge in [-0.1, -0.05) is 43.9 Å². The summed E-state index contributed by atoms with van der Waals surface area (Å²) in [6.45, 7) is 1.85. The quantitative estimate of drug-likeness (QED) is 0.439. The van der Waals surface area contributed by atoms with Crippen LogP contribution in [0.25, 0.3) is 0 Å². The lowest BCUT2D eigenvalue weighted by Gasteiger charge is -2.05. The Morgan fingerprint density at radius 2 is 1.90 bits per heavy atom. The predicted molar refractivity (Wildman–Crippen MR) is 85.3 cm³/mol. The molecule has 1 N–H and O–H groups in total. The third kappa shape index (κ3) is 7.26. The van der Waals surface area contributed by atoms with Gasteiger partial charge in [-0.3, -0.25) is 9.59 Å². The largest absolute Gasteiger partial charge is 0.481 e. The number of carbonyl (C=O) groups excluding carboxylic acids is 1. The SMILES string of the molecule is [2H]/C(CC)=C(\[2H])CC1=C(CCCCCCCC(=O)O)CCC1=O. The van der Waals surface area contributed by atoms with Crippen LogP contribution in [0.4, 0.5) is 0 Å². The van der Waals surface area contributed by atoms with Crippen molar-refractivity contribution >= 4 is 11.8 Å². The number of carboxylic acid groups (broad SMARTS) is 1. The molecule has 1 rings (SSSR count). The molecule has 1 aliphatic carbocycles. The summed E-state index contributed by atoms with van der Waals surface area (Å²) in [7, 11) is 0. The zero-order valence-corrected chi connectivity index (χ0v) is 13.0. The fraction of sp³-hybridized carbons (Fsp3) is 0.667. The molecule has 0 aromatic heterocycles. The molecular weight excluding hydrogens is 264 g/mol. The number of aliphatic carboxylic acids is 1. The fourth-order valence-electron chi connectivity index (χ4n) is 2.68. The number of allylic oxidation sites excluding steroid dienone is 4. The maximum atomic E-state index is 12.0. The smallest absolute Gasteiger partial charge is 0.303 e. The second kappa shape index (κ2) is 10.4. The van der Waals surface area contributed by atoms with E-state index in [-0.39, 0.29) is 18.3 Å². The van der Waals surface area contributed by atoms with Gasteiger partial charge in [-0.15, -0.1) is 0 Å². The number of hydrogen-bond acceptors (Lipinski definition) is 2. The number of hydrogen-bond donors (Lipinski definition) is 1. The van der Waals surface area contributed by atoms with Crippen molar-refractivity contribution in [2.45, 2.75) is 77.6 Å². The standard InChI is InChI=1S/C18H28O3/c1-2-3-7-11-16-15(13-14-17(16)19)10-8-5-4-6-9-12-18(20)21/h3,7H,2,4-6,8-14H2,1H3,(H,20,21)/b7-3-/i3D,7D. The molecule has 0 fully saturated rings. The van der Waals surface area contributed by atoms with E-state index in [1.54, 1.807) is 0 Å². The Kier molecular flexibility index (Phi) is 7.18. The van der Waals surface area contributed by atoms with Crippen molar-refractivity contribution in [3.8, 4) is 0 Å².